The maximum Gasteiger partial charge on any atom is 0.225 e. The molecule has 2 heterocycles. The molecular formula is C15H23N3O. The molecule has 1 saturated heterocycles. The third-order valence-electron chi connectivity index (χ3n) is 3.59. The van der Waals surface area contributed by atoms with Gasteiger partial charge in [-0.3, -0.25) is 14.7 Å². The van der Waals surface area contributed by atoms with Crippen LogP contribution in [0.4, 0.5) is 0 Å². The van der Waals surface area contributed by atoms with E-state index in [9.17, 15) is 4.79 Å². The van der Waals surface area contributed by atoms with Crippen molar-refractivity contribution in [3.8, 4) is 0 Å². The van der Waals surface area contributed by atoms with E-state index in [4.69, 9.17) is 0 Å². The molecular weight excluding hydrogens is 238 g/mol. The van der Waals surface area contributed by atoms with E-state index in [1.807, 2.05) is 37.1 Å². The highest BCUT2D eigenvalue weighted by atomic mass is 16.2. The van der Waals surface area contributed by atoms with Crippen molar-refractivity contribution in [2.45, 2.75) is 20.3 Å². The Labute approximate surface area is 115 Å². The zero-order chi connectivity index (χ0) is 13.7. The first-order valence-electron chi connectivity index (χ1n) is 7.08. The van der Waals surface area contributed by atoms with Crippen molar-refractivity contribution in [2.24, 2.45) is 5.92 Å². The molecule has 0 unspecified atom stereocenters. The number of amides is 1. The molecule has 0 spiro atoms. The first-order chi connectivity index (χ1) is 9.16. The van der Waals surface area contributed by atoms with Crippen molar-refractivity contribution in [3.05, 3.63) is 30.1 Å². The monoisotopic (exact) mass is 261 g/mol. The van der Waals surface area contributed by atoms with Gasteiger partial charge in [-0.1, -0.05) is 19.9 Å². The summed E-state index contributed by atoms with van der Waals surface area (Å²) in [6.07, 6.45) is 2.83. The molecule has 0 saturated carbocycles. The van der Waals surface area contributed by atoms with Gasteiger partial charge in [0.1, 0.15) is 0 Å². The third-order valence-corrected chi connectivity index (χ3v) is 3.59. The number of rotatable bonds is 4. The molecule has 104 valence electrons. The topological polar surface area (TPSA) is 36.4 Å². The maximum atomic E-state index is 11.9. The lowest BCUT2D eigenvalue weighted by atomic mass is 10.1. The first-order valence-corrected chi connectivity index (χ1v) is 7.08. The molecule has 4 nitrogen and oxygen atoms in total. The SMILES string of the molecule is CC(C)C(=O)N1CCN(CCc2ccccn2)CC1. The van der Waals surface area contributed by atoms with Crippen LogP contribution in [0.1, 0.15) is 19.5 Å². The van der Waals surface area contributed by atoms with Crippen LogP contribution >= 0.6 is 0 Å². The Morgan fingerprint density at radius 1 is 1.26 bits per heavy atom. The van der Waals surface area contributed by atoms with E-state index in [0.717, 1.165) is 44.8 Å². The van der Waals surface area contributed by atoms with Gasteiger partial charge in [0.2, 0.25) is 5.91 Å². The molecule has 0 bridgehead atoms. The normalized spacial score (nSPS) is 16.9. The van der Waals surface area contributed by atoms with Gasteiger partial charge in [-0.15, -0.1) is 0 Å². The van der Waals surface area contributed by atoms with E-state index in [2.05, 4.69) is 16.0 Å². The Morgan fingerprint density at radius 3 is 2.58 bits per heavy atom. The number of pyridine rings is 1. The van der Waals surface area contributed by atoms with Crippen LogP contribution in [-0.4, -0.2) is 53.4 Å². The lowest BCUT2D eigenvalue weighted by molar-refractivity contribution is -0.136. The van der Waals surface area contributed by atoms with Crippen LogP contribution in [0.15, 0.2) is 24.4 Å². The molecule has 0 atom stereocenters. The average molecular weight is 261 g/mol. The fourth-order valence-corrected chi connectivity index (χ4v) is 2.38. The molecule has 0 N–H and O–H groups in total. The molecule has 0 radical (unpaired) electrons. The van der Waals surface area contributed by atoms with Crippen LogP contribution in [0, 0.1) is 5.92 Å². The molecule has 4 heteroatoms. The highest BCUT2D eigenvalue weighted by Crippen LogP contribution is 2.07. The van der Waals surface area contributed by atoms with E-state index >= 15 is 0 Å². The maximum absolute atomic E-state index is 11.9. The van der Waals surface area contributed by atoms with Crippen molar-refractivity contribution < 1.29 is 4.79 Å². The molecule has 0 aliphatic carbocycles. The highest BCUT2D eigenvalue weighted by molar-refractivity contribution is 5.78. The molecule has 0 aromatic carbocycles. The van der Waals surface area contributed by atoms with Gasteiger partial charge in [0.15, 0.2) is 0 Å². The Bertz CT molecular complexity index is 397. The number of carbonyl (C=O) groups is 1. The standard InChI is InChI=1S/C15H23N3O/c1-13(2)15(19)18-11-9-17(10-12-18)8-6-14-5-3-4-7-16-14/h3-5,7,13H,6,8-12H2,1-2H3. The minimum atomic E-state index is 0.111. The summed E-state index contributed by atoms with van der Waals surface area (Å²) in [4.78, 5) is 20.6. The van der Waals surface area contributed by atoms with Crippen LogP contribution in [0.3, 0.4) is 0 Å². The lowest BCUT2D eigenvalue weighted by Gasteiger charge is -2.35. The molecule has 2 rings (SSSR count). The van der Waals surface area contributed by atoms with E-state index in [1.54, 1.807) is 0 Å². The average Bonchev–Trinajstić information content (AvgIpc) is 2.46. The molecule has 1 aromatic heterocycles. The number of aromatic nitrogens is 1. The summed E-state index contributed by atoms with van der Waals surface area (Å²) in [5.41, 5.74) is 1.14. The van der Waals surface area contributed by atoms with Gasteiger partial charge in [-0.25, -0.2) is 0 Å². The van der Waals surface area contributed by atoms with Crippen molar-refractivity contribution in [2.75, 3.05) is 32.7 Å². The van der Waals surface area contributed by atoms with Crippen molar-refractivity contribution in [1.29, 1.82) is 0 Å². The summed E-state index contributed by atoms with van der Waals surface area (Å²) in [5.74, 6) is 0.393. The summed E-state index contributed by atoms with van der Waals surface area (Å²) >= 11 is 0. The Kier molecular flexibility index (Phi) is 4.91. The summed E-state index contributed by atoms with van der Waals surface area (Å²) in [7, 11) is 0. The van der Waals surface area contributed by atoms with Crippen molar-refractivity contribution in [1.82, 2.24) is 14.8 Å². The summed E-state index contributed by atoms with van der Waals surface area (Å²) in [5, 5.41) is 0. The minimum Gasteiger partial charge on any atom is -0.340 e. The molecule has 1 aliphatic heterocycles. The van der Waals surface area contributed by atoms with Gasteiger partial charge < -0.3 is 4.90 Å². The van der Waals surface area contributed by atoms with Gasteiger partial charge in [-0.2, -0.15) is 0 Å². The van der Waals surface area contributed by atoms with Crippen LogP contribution < -0.4 is 0 Å². The van der Waals surface area contributed by atoms with Crippen molar-refractivity contribution in [3.63, 3.8) is 0 Å². The number of hydrogen-bond donors (Lipinski definition) is 0. The lowest BCUT2D eigenvalue weighted by Crippen LogP contribution is -2.50. The predicted molar refractivity (Wildman–Crippen MR) is 75.8 cm³/mol. The quantitative estimate of drug-likeness (QED) is 0.822. The second-order valence-corrected chi connectivity index (χ2v) is 5.39. The van der Waals surface area contributed by atoms with Gasteiger partial charge in [0, 0.05) is 57.0 Å². The largest absolute Gasteiger partial charge is 0.340 e. The van der Waals surface area contributed by atoms with Gasteiger partial charge in [-0.05, 0) is 12.1 Å². The number of nitrogens with zero attached hydrogens (tertiary/aromatic N) is 3. The van der Waals surface area contributed by atoms with Crippen LogP contribution in [0.5, 0.6) is 0 Å². The fraction of sp³-hybridized carbons (Fsp3) is 0.600. The molecule has 19 heavy (non-hydrogen) atoms. The first kappa shape index (κ1) is 14.0. The van der Waals surface area contributed by atoms with Crippen LogP contribution in [0.2, 0.25) is 0 Å². The van der Waals surface area contributed by atoms with E-state index < -0.39 is 0 Å². The zero-order valence-electron chi connectivity index (χ0n) is 11.9. The highest BCUT2D eigenvalue weighted by Gasteiger charge is 2.22. The third kappa shape index (κ3) is 4.03. The predicted octanol–water partition coefficient (Wildman–Crippen LogP) is 1.42. The fourth-order valence-electron chi connectivity index (χ4n) is 2.38. The van der Waals surface area contributed by atoms with Gasteiger partial charge in [0.05, 0.1) is 0 Å². The summed E-state index contributed by atoms with van der Waals surface area (Å²) in [6, 6.07) is 6.04. The Morgan fingerprint density at radius 2 is 2.00 bits per heavy atom. The molecule has 1 aromatic rings. The Balaban J connectivity index is 1.73. The number of piperazine rings is 1. The second kappa shape index (κ2) is 6.66. The van der Waals surface area contributed by atoms with E-state index in [1.165, 1.54) is 0 Å². The zero-order valence-corrected chi connectivity index (χ0v) is 11.9. The minimum absolute atomic E-state index is 0.111. The van der Waals surface area contributed by atoms with E-state index in [0.29, 0.717) is 0 Å². The smallest absolute Gasteiger partial charge is 0.225 e. The van der Waals surface area contributed by atoms with Gasteiger partial charge >= 0.3 is 0 Å². The van der Waals surface area contributed by atoms with Gasteiger partial charge in [0.25, 0.3) is 0 Å². The molecule has 1 amide bonds. The second-order valence-electron chi connectivity index (χ2n) is 5.39. The van der Waals surface area contributed by atoms with Crippen LogP contribution in [0.25, 0.3) is 0 Å². The summed E-state index contributed by atoms with van der Waals surface area (Å²) < 4.78 is 0. The summed E-state index contributed by atoms with van der Waals surface area (Å²) in [6.45, 7) is 8.64. The Hall–Kier alpha value is -1.42. The van der Waals surface area contributed by atoms with Crippen LogP contribution in [-0.2, 0) is 11.2 Å². The van der Waals surface area contributed by atoms with Crippen molar-refractivity contribution >= 4 is 5.91 Å². The molecule has 1 aliphatic rings. The number of hydrogen-bond acceptors (Lipinski definition) is 3. The molecule has 1 fully saturated rings. The number of carbonyl (C=O) groups excluding carboxylic acids is 1. The van der Waals surface area contributed by atoms with E-state index in [-0.39, 0.29) is 11.8 Å².